The van der Waals surface area contributed by atoms with Crippen LogP contribution >= 0.6 is 0 Å². The molecular formula is C26H33N7O. The lowest BCUT2D eigenvalue weighted by molar-refractivity contribution is -0.133. The van der Waals surface area contributed by atoms with Gasteiger partial charge in [0.05, 0.1) is 16.7 Å². The number of pyridine rings is 1. The zero-order valence-electron chi connectivity index (χ0n) is 20.4. The number of nitrogens with one attached hydrogen (secondary N) is 1. The van der Waals surface area contributed by atoms with Gasteiger partial charge in [0, 0.05) is 48.6 Å². The number of piperidine rings is 1. The number of anilines is 1. The van der Waals surface area contributed by atoms with E-state index in [0.29, 0.717) is 24.7 Å². The van der Waals surface area contributed by atoms with Crippen LogP contribution in [-0.2, 0) is 4.79 Å². The molecule has 0 radical (unpaired) electrons. The first-order chi connectivity index (χ1) is 16.3. The molecule has 8 nitrogen and oxygen atoms in total. The minimum absolute atomic E-state index is 0.178. The van der Waals surface area contributed by atoms with E-state index in [1.165, 1.54) is 0 Å². The van der Waals surface area contributed by atoms with Crippen LogP contribution in [0.4, 0.5) is 5.82 Å². The average molecular weight is 460 g/mol. The minimum Gasteiger partial charge on any atom is -0.382 e. The molecule has 1 aromatic carbocycles. The van der Waals surface area contributed by atoms with E-state index in [-0.39, 0.29) is 17.9 Å². The zero-order chi connectivity index (χ0) is 24.0. The van der Waals surface area contributed by atoms with Crippen LogP contribution in [0.3, 0.4) is 0 Å². The Bertz CT molecular complexity index is 1340. The van der Waals surface area contributed by atoms with E-state index in [9.17, 15) is 4.79 Å². The maximum absolute atomic E-state index is 12.8. The third-order valence-corrected chi connectivity index (χ3v) is 6.71. The highest BCUT2D eigenvalue weighted by molar-refractivity contribution is 6.07. The molecule has 0 unspecified atom stereocenters. The fraction of sp³-hybridized carbons (Fsp3) is 0.462. The van der Waals surface area contributed by atoms with Crippen molar-refractivity contribution >= 4 is 33.7 Å². The van der Waals surface area contributed by atoms with Crippen LogP contribution in [0.1, 0.15) is 64.7 Å². The number of carbonyl (C=O) groups is 1. The standard InChI is InChI=1S/C26H33N7O/c1-15(2)12-22(34)32-11-5-6-18(14-32)26-30-23-24(33(26)16(3)4)19-8-7-17(20-9-10-28-31-20)13-21(19)29-25(23)27/h7-10,13,15-16,18H,5-6,11-12,14H2,1-4H3,(H2,27,29)(H,28,31)/t18-/m0/s1. The molecule has 178 valence electrons. The van der Waals surface area contributed by atoms with Gasteiger partial charge in [-0.25, -0.2) is 9.97 Å². The Labute approximate surface area is 199 Å². The van der Waals surface area contributed by atoms with Gasteiger partial charge in [-0.3, -0.25) is 9.89 Å². The SMILES string of the molecule is CC(C)CC(=O)N1CCC[C@H](c2nc3c(N)nc4cc(-c5cc[nH]n5)ccc4c3n2C(C)C)C1. The van der Waals surface area contributed by atoms with Crippen LogP contribution in [0.25, 0.3) is 33.2 Å². The molecule has 34 heavy (non-hydrogen) atoms. The van der Waals surface area contributed by atoms with E-state index in [1.807, 2.05) is 23.2 Å². The zero-order valence-corrected chi connectivity index (χ0v) is 20.4. The number of hydrogen-bond donors (Lipinski definition) is 2. The third kappa shape index (κ3) is 3.91. The Balaban J connectivity index is 1.62. The predicted molar refractivity (Wildman–Crippen MR) is 135 cm³/mol. The normalized spacial score (nSPS) is 16.9. The number of hydrogen-bond acceptors (Lipinski definition) is 5. The second kappa shape index (κ2) is 8.74. The smallest absolute Gasteiger partial charge is 0.222 e. The first kappa shape index (κ1) is 22.4. The van der Waals surface area contributed by atoms with Gasteiger partial charge in [-0.1, -0.05) is 19.9 Å². The lowest BCUT2D eigenvalue weighted by Crippen LogP contribution is -2.40. The van der Waals surface area contributed by atoms with Crippen molar-refractivity contribution in [3.8, 4) is 11.3 Å². The summed E-state index contributed by atoms with van der Waals surface area (Å²) in [7, 11) is 0. The molecule has 1 saturated heterocycles. The molecule has 0 spiro atoms. The summed E-state index contributed by atoms with van der Waals surface area (Å²) in [6.07, 6.45) is 4.39. The van der Waals surface area contributed by atoms with Crippen molar-refractivity contribution in [3.05, 3.63) is 36.3 Å². The van der Waals surface area contributed by atoms with Crippen molar-refractivity contribution in [2.45, 2.75) is 58.9 Å². The summed E-state index contributed by atoms with van der Waals surface area (Å²) in [5.41, 5.74) is 10.9. The Hall–Kier alpha value is -3.42. The van der Waals surface area contributed by atoms with Crippen LogP contribution in [-0.4, -0.2) is 48.6 Å². The average Bonchev–Trinajstić information content (AvgIpc) is 3.47. The van der Waals surface area contributed by atoms with E-state index >= 15 is 0 Å². The van der Waals surface area contributed by atoms with Gasteiger partial charge >= 0.3 is 0 Å². The number of aromatic amines is 1. The molecule has 0 aliphatic carbocycles. The molecule has 1 aliphatic rings. The number of likely N-dealkylation sites (tertiary alicyclic amines) is 1. The minimum atomic E-state index is 0.178. The highest BCUT2D eigenvalue weighted by atomic mass is 16.2. The number of benzene rings is 1. The molecule has 0 saturated carbocycles. The maximum atomic E-state index is 12.8. The number of fused-ring (bicyclic) bond motifs is 3. The maximum Gasteiger partial charge on any atom is 0.222 e. The molecule has 4 aromatic rings. The van der Waals surface area contributed by atoms with Crippen molar-refractivity contribution < 1.29 is 4.79 Å². The number of aromatic nitrogens is 5. The first-order valence-electron chi connectivity index (χ1n) is 12.2. The predicted octanol–water partition coefficient (Wildman–Crippen LogP) is 4.89. The number of amides is 1. The van der Waals surface area contributed by atoms with Crippen LogP contribution < -0.4 is 5.73 Å². The molecule has 8 heteroatoms. The van der Waals surface area contributed by atoms with E-state index in [0.717, 1.165) is 58.4 Å². The second-order valence-electron chi connectivity index (χ2n) is 10.1. The Morgan fingerprint density at radius 3 is 2.74 bits per heavy atom. The fourth-order valence-corrected chi connectivity index (χ4v) is 5.18. The summed E-state index contributed by atoms with van der Waals surface area (Å²) in [4.78, 5) is 24.6. The number of carbonyl (C=O) groups excluding carboxylic acids is 1. The van der Waals surface area contributed by atoms with E-state index < -0.39 is 0 Å². The molecular weight excluding hydrogens is 426 g/mol. The second-order valence-corrected chi connectivity index (χ2v) is 10.1. The lowest BCUT2D eigenvalue weighted by Gasteiger charge is -2.33. The highest BCUT2D eigenvalue weighted by Crippen LogP contribution is 2.37. The molecule has 3 N–H and O–H groups in total. The monoisotopic (exact) mass is 459 g/mol. The van der Waals surface area contributed by atoms with Gasteiger partial charge in [0.2, 0.25) is 5.91 Å². The van der Waals surface area contributed by atoms with Crippen molar-refractivity contribution in [1.29, 1.82) is 0 Å². The topological polar surface area (TPSA) is 106 Å². The number of H-pyrrole nitrogens is 1. The van der Waals surface area contributed by atoms with Gasteiger partial charge in [0.25, 0.3) is 0 Å². The van der Waals surface area contributed by atoms with Gasteiger partial charge in [-0.2, -0.15) is 5.10 Å². The summed E-state index contributed by atoms with van der Waals surface area (Å²) >= 11 is 0. The van der Waals surface area contributed by atoms with Crippen LogP contribution in [0.5, 0.6) is 0 Å². The third-order valence-electron chi connectivity index (χ3n) is 6.71. The van der Waals surface area contributed by atoms with Crippen molar-refractivity contribution in [2.24, 2.45) is 5.92 Å². The van der Waals surface area contributed by atoms with Crippen LogP contribution in [0.2, 0.25) is 0 Å². The number of rotatable bonds is 5. The molecule has 3 aromatic heterocycles. The van der Waals surface area contributed by atoms with Gasteiger partial charge in [0.1, 0.15) is 11.3 Å². The number of nitrogens with zero attached hydrogens (tertiary/aromatic N) is 5. The van der Waals surface area contributed by atoms with E-state index in [1.54, 1.807) is 0 Å². The van der Waals surface area contributed by atoms with E-state index in [2.05, 4.69) is 54.6 Å². The molecule has 5 rings (SSSR count). The number of nitrogen functional groups attached to an aromatic ring is 1. The molecule has 0 bridgehead atoms. The quantitative estimate of drug-likeness (QED) is 0.442. The molecule has 1 aliphatic heterocycles. The number of imidazole rings is 1. The van der Waals surface area contributed by atoms with Crippen molar-refractivity contribution in [1.82, 2.24) is 29.6 Å². The van der Waals surface area contributed by atoms with Crippen LogP contribution in [0.15, 0.2) is 30.5 Å². The van der Waals surface area contributed by atoms with Crippen LogP contribution in [0, 0.1) is 5.92 Å². The Kier molecular flexibility index (Phi) is 5.75. The largest absolute Gasteiger partial charge is 0.382 e. The first-order valence-corrected chi connectivity index (χ1v) is 12.2. The van der Waals surface area contributed by atoms with Gasteiger partial charge in [-0.15, -0.1) is 0 Å². The summed E-state index contributed by atoms with van der Waals surface area (Å²) in [5.74, 6) is 2.22. The van der Waals surface area contributed by atoms with Crippen molar-refractivity contribution in [3.63, 3.8) is 0 Å². The Morgan fingerprint density at radius 1 is 1.21 bits per heavy atom. The molecule has 1 amide bonds. The summed E-state index contributed by atoms with van der Waals surface area (Å²) in [6, 6.07) is 8.33. The van der Waals surface area contributed by atoms with Gasteiger partial charge in [0.15, 0.2) is 5.82 Å². The lowest BCUT2D eigenvalue weighted by atomic mass is 9.96. The molecule has 1 atom stereocenters. The van der Waals surface area contributed by atoms with Gasteiger partial charge in [-0.05, 0) is 50.8 Å². The highest BCUT2D eigenvalue weighted by Gasteiger charge is 2.30. The molecule has 4 heterocycles. The molecule has 1 fully saturated rings. The number of nitrogens with two attached hydrogens (primary N) is 1. The Morgan fingerprint density at radius 2 is 2.03 bits per heavy atom. The van der Waals surface area contributed by atoms with Gasteiger partial charge < -0.3 is 15.2 Å². The van der Waals surface area contributed by atoms with Crippen molar-refractivity contribution in [2.75, 3.05) is 18.8 Å². The summed E-state index contributed by atoms with van der Waals surface area (Å²) < 4.78 is 2.31. The summed E-state index contributed by atoms with van der Waals surface area (Å²) in [6.45, 7) is 10.1. The fourth-order valence-electron chi connectivity index (χ4n) is 5.18. The summed E-state index contributed by atoms with van der Waals surface area (Å²) in [5, 5.41) is 8.19. The van der Waals surface area contributed by atoms with E-state index in [4.69, 9.17) is 15.7 Å².